The first-order valence-corrected chi connectivity index (χ1v) is 12.3. The third-order valence-corrected chi connectivity index (χ3v) is 6.78. The van der Waals surface area contributed by atoms with Crippen LogP contribution in [-0.4, -0.2) is 39.2 Å². The first-order valence-electron chi connectivity index (χ1n) is 11.4. The summed E-state index contributed by atoms with van der Waals surface area (Å²) in [6.45, 7) is 4.57. The van der Waals surface area contributed by atoms with Crippen molar-refractivity contribution in [2.75, 3.05) is 12.4 Å². The summed E-state index contributed by atoms with van der Waals surface area (Å²) in [4.78, 5) is 36.9. The molecule has 0 radical (unpaired) electrons. The molecule has 8 heteroatoms. The van der Waals surface area contributed by atoms with Gasteiger partial charge in [-0.2, -0.15) is 0 Å². The van der Waals surface area contributed by atoms with Crippen LogP contribution in [0.25, 0.3) is 0 Å². The van der Waals surface area contributed by atoms with E-state index in [0.717, 1.165) is 11.4 Å². The Kier molecular flexibility index (Phi) is 7.82. The molecule has 180 valence electrons. The van der Waals surface area contributed by atoms with Gasteiger partial charge in [0.1, 0.15) is 11.0 Å². The predicted octanol–water partition coefficient (Wildman–Crippen LogP) is 5.37. The Bertz CT molecular complexity index is 1210. The van der Waals surface area contributed by atoms with Crippen molar-refractivity contribution in [3.63, 3.8) is 0 Å². The monoisotopic (exact) mass is 488 g/mol. The summed E-state index contributed by atoms with van der Waals surface area (Å²) in [5.74, 6) is 0.565. The largest absolute Gasteiger partial charge is 0.495 e. The summed E-state index contributed by atoms with van der Waals surface area (Å²) in [6.07, 6.45) is 1.72. The van der Waals surface area contributed by atoms with E-state index in [0.29, 0.717) is 29.1 Å². The quantitative estimate of drug-likeness (QED) is 0.461. The molecular weight excluding hydrogens is 460 g/mol. The molecule has 0 saturated carbocycles. The molecule has 1 aromatic heterocycles. The van der Waals surface area contributed by atoms with Crippen molar-refractivity contribution in [3.8, 4) is 5.75 Å². The van der Waals surface area contributed by atoms with Crippen LogP contribution in [0.15, 0.2) is 77.9 Å². The molecule has 1 aliphatic heterocycles. The Morgan fingerprint density at radius 2 is 1.86 bits per heavy atom. The van der Waals surface area contributed by atoms with E-state index in [2.05, 4.69) is 24.1 Å². The number of nitrogens with one attached hydrogen (secondary N) is 1. The van der Waals surface area contributed by atoms with Crippen molar-refractivity contribution >= 4 is 40.1 Å². The highest BCUT2D eigenvalue weighted by Crippen LogP contribution is 2.33. The highest BCUT2D eigenvalue weighted by atomic mass is 32.2. The Morgan fingerprint density at radius 3 is 2.54 bits per heavy atom. The van der Waals surface area contributed by atoms with Gasteiger partial charge in [-0.05, 0) is 47.9 Å². The van der Waals surface area contributed by atoms with E-state index in [-0.39, 0.29) is 18.2 Å². The van der Waals surface area contributed by atoms with Gasteiger partial charge < -0.3 is 10.1 Å². The molecule has 0 spiro atoms. The molecule has 1 fully saturated rings. The van der Waals surface area contributed by atoms with Crippen molar-refractivity contribution in [1.29, 1.82) is 0 Å². The van der Waals surface area contributed by atoms with Gasteiger partial charge in [-0.3, -0.25) is 19.5 Å². The van der Waals surface area contributed by atoms with Crippen LogP contribution in [0.1, 0.15) is 37.4 Å². The lowest BCUT2D eigenvalue weighted by Crippen LogP contribution is -2.33. The topological polar surface area (TPSA) is 83.9 Å². The van der Waals surface area contributed by atoms with Gasteiger partial charge in [-0.25, -0.2) is 4.99 Å². The number of rotatable bonds is 8. The van der Waals surface area contributed by atoms with E-state index in [9.17, 15) is 9.59 Å². The second kappa shape index (κ2) is 11.2. The van der Waals surface area contributed by atoms with Crippen LogP contribution < -0.4 is 10.1 Å². The summed E-state index contributed by atoms with van der Waals surface area (Å²) in [5, 5.41) is 2.84. The van der Waals surface area contributed by atoms with Gasteiger partial charge in [0.2, 0.25) is 11.8 Å². The van der Waals surface area contributed by atoms with Gasteiger partial charge in [0, 0.05) is 12.6 Å². The van der Waals surface area contributed by atoms with Crippen LogP contribution in [0.4, 0.5) is 11.4 Å². The number of anilines is 1. The summed E-state index contributed by atoms with van der Waals surface area (Å²) < 4.78 is 5.31. The standard InChI is InChI=1S/C27H28N4O3S/c1-18(2)19-11-13-20(14-12-19)29-27-31(17-21-8-6-7-15-28-21)26(33)24(35-27)16-25(32)30-22-9-4-5-10-23(22)34-3/h4-15,18,24H,16-17H2,1-3H3,(H,30,32). The molecule has 1 atom stereocenters. The fourth-order valence-electron chi connectivity index (χ4n) is 3.69. The first-order chi connectivity index (χ1) is 16.9. The van der Waals surface area contributed by atoms with Crippen LogP contribution in [-0.2, 0) is 16.1 Å². The number of thioether (sulfide) groups is 1. The highest BCUT2D eigenvalue weighted by Gasteiger charge is 2.39. The number of pyridine rings is 1. The Balaban J connectivity index is 1.55. The van der Waals surface area contributed by atoms with Crippen LogP contribution in [0.3, 0.4) is 0 Å². The molecule has 2 amide bonds. The van der Waals surface area contributed by atoms with Gasteiger partial charge in [-0.15, -0.1) is 0 Å². The maximum absolute atomic E-state index is 13.4. The molecule has 1 unspecified atom stereocenters. The van der Waals surface area contributed by atoms with Gasteiger partial charge in [-0.1, -0.05) is 55.9 Å². The lowest BCUT2D eigenvalue weighted by Gasteiger charge is -2.16. The fourth-order valence-corrected chi connectivity index (χ4v) is 4.84. The maximum atomic E-state index is 13.4. The molecule has 0 bridgehead atoms. The Morgan fingerprint density at radius 1 is 1.11 bits per heavy atom. The van der Waals surface area contributed by atoms with Crippen LogP contribution in [0.5, 0.6) is 5.75 Å². The molecule has 3 aromatic rings. The molecular formula is C27H28N4O3S. The van der Waals surface area contributed by atoms with Gasteiger partial charge >= 0.3 is 0 Å². The van der Waals surface area contributed by atoms with Crippen molar-refractivity contribution in [2.24, 2.45) is 4.99 Å². The van der Waals surface area contributed by atoms with Gasteiger partial charge in [0.05, 0.1) is 30.7 Å². The number of carbonyl (C=O) groups is 2. The number of benzene rings is 2. The summed E-state index contributed by atoms with van der Waals surface area (Å²) in [6, 6.07) is 20.8. The third kappa shape index (κ3) is 6.08. The van der Waals surface area contributed by atoms with Crippen LogP contribution in [0, 0.1) is 0 Å². The number of hydrogen-bond acceptors (Lipinski definition) is 6. The number of amidine groups is 1. The lowest BCUT2D eigenvalue weighted by molar-refractivity contribution is -0.128. The normalized spacial score (nSPS) is 16.7. The van der Waals surface area contributed by atoms with E-state index >= 15 is 0 Å². The van der Waals surface area contributed by atoms with E-state index in [1.165, 1.54) is 17.3 Å². The van der Waals surface area contributed by atoms with E-state index in [1.807, 2.05) is 54.6 Å². The Labute approximate surface area is 209 Å². The molecule has 7 nitrogen and oxygen atoms in total. The molecule has 1 aliphatic rings. The number of aromatic nitrogens is 1. The maximum Gasteiger partial charge on any atom is 0.243 e. The summed E-state index contributed by atoms with van der Waals surface area (Å²) in [7, 11) is 1.55. The van der Waals surface area contributed by atoms with E-state index < -0.39 is 5.25 Å². The van der Waals surface area contributed by atoms with Crippen molar-refractivity contribution in [2.45, 2.75) is 38.0 Å². The van der Waals surface area contributed by atoms with E-state index in [4.69, 9.17) is 9.73 Å². The minimum absolute atomic E-state index is 0.0194. The molecule has 2 heterocycles. The summed E-state index contributed by atoms with van der Waals surface area (Å²) >= 11 is 1.31. The zero-order valence-corrected chi connectivity index (χ0v) is 20.8. The number of carbonyl (C=O) groups excluding carboxylic acids is 2. The number of aliphatic imine (C=N–C) groups is 1. The second-order valence-electron chi connectivity index (χ2n) is 8.45. The number of methoxy groups -OCH3 is 1. The van der Waals surface area contributed by atoms with E-state index in [1.54, 1.807) is 30.3 Å². The number of ether oxygens (including phenoxy) is 1. The first kappa shape index (κ1) is 24.5. The minimum atomic E-state index is -0.581. The minimum Gasteiger partial charge on any atom is -0.495 e. The van der Waals surface area contributed by atoms with Crippen LogP contribution in [0.2, 0.25) is 0 Å². The fraction of sp³-hybridized carbons (Fsp3) is 0.259. The Hall–Kier alpha value is -3.65. The SMILES string of the molecule is COc1ccccc1NC(=O)CC1SC(=Nc2ccc(C(C)C)cc2)N(Cc2ccccn2)C1=O. The molecule has 4 rings (SSSR count). The zero-order chi connectivity index (χ0) is 24.8. The second-order valence-corrected chi connectivity index (χ2v) is 9.62. The molecule has 1 N–H and O–H groups in total. The van der Waals surface area contributed by atoms with Gasteiger partial charge in [0.15, 0.2) is 5.17 Å². The predicted molar refractivity (Wildman–Crippen MR) is 140 cm³/mol. The zero-order valence-electron chi connectivity index (χ0n) is 20.0. The molecule has 0 aliphatic carbocycles. The van der Waals surface area contributed by atoms with Crippen LogP contribution >= 0.6 is 11.8 Å². The van der Waals surface area contributed by atoms with Crippen molar-refractivity contribution < 1.29 is 14.3 Å². The molecule has 2 aromatic carbocycles. The van der Waals surface area contributed by atoms with Gasteiger partial charge in [0.25, 0.3) is 0 Å². The third-order valence-electron chi connectivity index (χ3n) is 5.60. The summed E-state index contributed by atoms with van der Waals surface area (Å²) in [5.41, 5.74) is 3.30. The number of hydrogen-bond donors (Lipinski definition) is 1. The number of nitrogens with zero attached hydrogens (tertiary/aromatic N) is 3. The average Bonchev–Trinajstić information content (AvgIpc) is 3.14. The van der Waals surface area contributed by atoms with Crippen molar-refractivity contribution in [3.05, 3.63) is 84.2 Å². The average molecular weight is 489 g/mol. The smallest absolute Gasteiger partial charge is 0.243 e. The van der Waals surface area contributed by atoms with Crippen molar-refractivity contribution in [1.82, 2.24) is 9.88 Å². The number of amides is 2. The lowest BCUT2D eigenvalue weighted by atomic mass is 10.0. The molecule has 35 heavy (non-hydrogen) atoms. The number of para-hydroxylation sites is 2. The molecule has 1 saturated heterocycles. The highest BCUT2D eigenvalue weighted by molar-refractivity contribution is 8.15.